The fourth-order valence-corrected chi connectivity index (χ4v) is 2.20. The van der Waals surface area contributed by atoms with Gasteiger partial charge >= 0.3 is 0 Å². The highest BCUT2D eigenvalue weighted by Gasteiger charge is 2.26. The van der Waals surface area contributed by atoms with Crippen LogP contribution in [0.3, 0.4) is 0 Å². The SMILES string of the molecule is CCC(C)C(=O)[C@@H]1Cc2ccccc2CN1. The molecule has 2 heteroatoms. The van der Waals surface area contributed by atoms with Gasteiger partial charge in [0.25, 0.3) is 0 Å². The van der Waals surface area contributed by atoms with Crippen LogP contribution >= 0.6 is 0 Å². The molecule has 1 heterocycles. The minimum Gasteiger partial charge on any atom is -0.303 e. The number of carbonyl (C=O) groups excluding carboxylic acids is 1. The number of fused-ring (bicyclic) bond motifs is 1. The van der Waals surface area contributed by atoms with Gasteiger partial charge in [-0.3, -0.25) is 4.79 Å². The first-order valence-electron chi connectivity index (χ1n) is 6.06. The molecule has 0 fully saturated rings. The average molecular weight is 217 g/mol. The normalized spacial score (nSPS) is 21.2. The van der Waals surface area contributed by atoms with Crippen LogP contribution in [0.4, 0.5) is 0 Å². The molecule has 0 aliphatic carbocycles. The summed E-state index contributed by atoms with van der Waals surface area (Å²) in [6.45, 7) is 4.91. The Bertz CT molecular complexity index is 386. The number of carbonyl (C=O) groups is 1. The van der Waals surface area contributed by atoms with E-state index in [1.807, 2.05) is 6.92 Å². The first-order chi connectivity index (χ1) is 7.72. The lowest BCUT2D eigenvalue weighted by Crippen LogP contribution is -2.43. The molecule has 2 nitrogen and oxygen atoms in total. The van der Waals surface area contributed by atoms with Crippen molar-refractivity contribution in [2.75, 3.05) is 0 Å². The Hall–Kier alpha value is -1.15. The van der Waals surface area contributed by atoms with E-state index >= 15 is 0 Å². The third kappa shape index (κ3) is 2.17. The molecule has 0 saturated carbocycles. The smallest absolute Gasteiger partial charge is 0.152 e. The van der Waals surface area contributed by atoms with Crippen LogP contribution in [0.15, 0.2) is 24.3 Å². The number of nitrogens with one attached hydrogen (secondary N) is 1. The third-order valence-corrected chi connectivity index (χ3v) is 3.52. The topological polar surface area (TPSA) is 29.1 Å². The van der Waals surface area contributed by atoms with Crippen molar-refractivity contribution in [1.82, 2.24) is 5.32 Å². The molecule has 1 aromatic carbocycles. The van der Waals surface area contributed by atoms with Gasteiger partial charge in [0.15, 0.2) is 5.78 Å². The van der Waals surface area contributed by atoms with E-state index in [4.69, 9.17) is 0 Å². The van der Waals surface area contributed by atoms with Crippen LogP contribution in [-0.2, 0) is 17.8 Å². The maximum absolute atomic E-state index is 12.1. The molecule has 0 aromatic heterocycles. The summed E-state index contributed by atoms with van der Waals surface area (Å²) in [7, 11) is 0. The lowest BCUT2D eigenvalue weighted by Gasteiger charge is -2.26. The summed E-state index contributed by atoms with van der Waals surface area (Å²) in [4.78, 5) is 12.1. The third-order valence-electron chi connectivity index (χ3n) is 3.52. The van der Waals surface area contributed by atoms with E-state index in [1.54, 1.807) is 0 Å². The summed E-state index contributed by atoms with van der Waals surface area (Å²) < 4.78 is 0. The predicted molar refractivity (Wildman–Crippen MR) is 65.2 cm³/mol. The lowest BCUT2D eigenvalue weighted by molar-refractivity contribution is -0.124. The van der Waals surface area contributed by atoms with E-state index in [-0.39, 0.29) is 12.0 Å². The number of benzene rings is 1. The van der Waals surface area contributed by atoms with Crippen LogP contribution < -0.4 is 5.32 Å². The second-order valence-corrected chi connectivity index (χ2v) is 4.62. The zero-order valence-electron chi connectivity index (χ0n) is 9.99. The Morgan fingerprint density at radius 1 is 1.44 bits per heavy atom. The molecule has 1 unspecified atom stereocenters. The number of rotatable bonds is 3. The molecule has 0 saturated heterocycles. The van der Waals surface area contributed by atoms with Crippen molar-refractivity contribution in [2.45, 2.75) is 39.3 Å². The highest BCUT2D eigenvalue weighted by molar-refractivity contribution is 5.86. The van der Waals surface area contributed by atoms with E-state index in [0.717, 1.165) is 19.4 Å². The maximum Gasteiger partial charge on any atom is 0.152 e. The number of hydrogen-bond acceptors (Lipinski definition) is 2. The second kappa shape index (κ2) is 4.79. The summed E-state index contributed by atoms with van der Waals surface area (Å²) >= 11 is 0. The van der Waals surface area contributed by atoms with E-state index in [0.29, 0.717) is 5.78 Å². The highest BCUT2D eigenvalue weighted by Crippen LogP contribution is 2.19. The van der Waals surface area contributed by atoms with E-state index in [9.17, 15) is 4.79 Å². The molecule has 86 valence electrons. The van der Waals surface area contributed by atoms with Gasteiger partial charge in [-0.05, 0) is 24.0 Å². The van der Waals surface area contributed by atoms with Gasteiger partial charge in [-0.15, -0.1) is 0 Å². The summed E-state index contributed by atoms with van der Waals surface area (Å²) in [5, 5.41) is 3.34. The largest absolute Gasteiger partial charge is 0.303 e. The van der Waals surface area contributed by atoms with Crippen molar-refractivity contribution in [2.24, 2.45) is 5.92 Å². The van der Waals surface area contributed by atoms with Crippen molar-refractivity contribution in [3.8, 4) is 0 Å². The van der Waals surface area contributed by atoms with Crippen LogP contribution in [0, 0.1) is 5.92 Å². The molecule has 1 aliphatic rings. The maximum atomic E-state index is 12.1. The van der Waals surface area contributed by atoms with Crippen molar-refractivity contribution >= 4 is 5.78 Å². The standard InChI is InChI=1S/C14H19NO/c1-3-10(2)14(16)13-8-11-6-4-5-7-12(11)9-15-13/h4-7,10,13,15H,3,8-9H2,1-2H3/t10?,13-/m0/s1. The predicted octanol–water partition coefficient (Wildman–Crippen LogP) is 2.32. The van der Waals surface area contributed by atoms with Crippen LogP contribution in [0.1, 0.15) is 31.4 Å². The second-order valence-electron chi connectivity index (χ2n) is 4.62. The number of ketones is 1. The zero-order valence-corrected chi connectivity index (χ0v) is 9.99. The van der Waals surface area contributed by atoms with Gasteiger partial charge < -0.3 is 5.32 Å². The molecule has 2 rings (SSSR count). The fourth-order valence-electron chi connectivity index (χ4n) is 2.20. The summed E-state index contributed by atoms with van der Waals surface area (Å²) in [5.41, 5.74) is 2.65. The number of hydrogen-bond donors (Lipinski definition) is 1. The Kier molecular flexibility index (Phi) is 3.39. The molecular weight excluding hydrogens is 198 g/mol. The van der Waals surface area contributed by atoms with E-state index in [2.05, 4.69) is 36.5 Å². The minimum atomic E-state index is 0.0184. The van der Waals surface area contributed by atoms with Crippen LogP contribution in [0.2, 0.25) is 0 Å². The van der Waals surface area contributed by atoms with Gasteiger partial charge in [-0.2, -0.15) is 0 Å². The molecule has 0 spiro atoms. The molecule has 1 aliphatic heterocycles. The number of Topliss-reactive ketones (excluding diaryl/α,β-unsaturated/α-hetero) is 1. The van der Waals surface area contributed by atoms with Crippen LogP contribution in [0.5, 0.6) is 0 Å². The first kappa shape index (κ1) is 11.3. The van der Waals surface area contributed by atoms with Crippen molar-refractivity contribution < 1.29 is 4.79 Å². The Labute approximate surface area is 97.1 Å². The zero-order chi connectivity index (χ0) is 11.5. The first-order valence-corrected chi connectivity index (χ1v) is 6.06. The molecule has 2 atom stereocenters. The summed E-state index contributed by atoms with van der Waals surface area (Å²) in [5.74, 6) is 0.528. The van der Waals surface area contributed by atoms with Crippen LogP contribution in [0.25, 0.3) is 0 Å². The minimum absolute atomic E-state index is 0.0184. The molecule has 0 bridgehead atoms. The van der Waals surface area contributed by atoms with Gasteiger partial charge in [0.2, 0.25) is 0 Å². The highest BCUT2D eigenvalue weighted by atomic mass is 16.1. The van der Waals surface area contributed by atoms with Crippen molar-refractivity contribution in [3.05, 3.63) is 35.4 Å². The van der Waals surface area contributed by atoms with Gasteiger partial charge in [0, 0.05) is 12.5 Å². The average Bonchev–Trinajstić information content (AvgIpc) is 2.36. The monoisotopic (exact) mass is 217 g/mol. The fraction of sp³-hybridized carbons (Fsp3) is 0.500. The van der Waals surface area contributed by atoms with E-state index < -0.39 is 0 Å². The van der Waals surface area contributed by atoms with Crippen molar-refractivity contribution in [3.63, 3.8) is 0 Å². The Morgan fingerprint density at radius 2 is 2.12 bits per heavy atom. The lowest BCUT2D eigenvalue weighted by atomic mass is 9.89. The quantitative estimate of drug-likeness (QED) is 0.842. The van der Waals surface area contributed by atoms with Crippen LogP contribution in [-0.4, -0.2) is 11.8 Å². The van der Waals surface area contributed by atoms with Crippen molar-refractivity contribution in [1.29, 1.82) is 0 Å². The van der Waals surface area contributed by atoms with Gasteiger partial charge in [0.1, 0.15) is 0 Å². The summed E-state index contributed by atoms with van der Waals surface area (Å²) in [6.07, 6.45) is 1.78. The molecular formula is C14H19NO. The Morgan fingerprint density at radius 3 is 2.81 bits per heavy atom. The molecule has 0 radical (unpaired) electrons. The molecule has 0 amide bonds. The van der Waals surface area contributed by atoms with Gasteiger partial charge in [-0.25, -0.2) is 0 Å². The van der Waals surface area contributed by atoms with E-state index in [1.165, 1.54) is 11.1 Å². The Balaban J connectivity index is 2.11. The van der Waals surface area contributed by atoms with Gasteiger partial charge in [0.05, 0.1) is 6.04 Å². The molecule has 1 N–H and O–H groups in total. The summed E-state index contributed by atoms with van der Waals surface area (Å²) in [6, 6.07) is 8.39. The van der Waals surface area contributed by atoms with Gasteiger partial charge in [-0.1, -0.05) is 38.1 Å². The molecule has 16 heavy (non-hydrogen) atoms. The molecule has 1 aromatic rings.